The van der Waals surface area contributed by atoms with Crippen molar-refractivity contribution in [2.75, 3.05) is 0 Å². The van der Waals surface area contributed by atoms with Gasteiger partial charge in [0.15, 0.2) is 5.78 Å². The molecule has 0 aliphatic heterocycles. The van der Waals surface area contributed by atoms with E-state index < -0.39 is 54.1 Å². The lowest BCUT2D eigenvalue weighted by Gasteiger charge is -2.13. The molecule has 2 aromatic rings. The molecule has 0 heterocycles. The number of carbonyl (C=O) groups is 5. The molecule has 0 atom stereocenters. The van der Waals surface area contributed by atoms with E-state index in [1.165, 1.54) is 24.3 Å². The van der Waals surface area contributed by atoms with Crippen LogP contribution in [-0.2, 0) is 39.1 Å². The molecule has 0 amide bonds. The Morgan fingerprint density at radius 1 is 0.429 bits per heavy atom. The highest BCUT2D eigenvalue weighted by atomic mass is 17.2. The maximum absolute atomic E-state index is 13.5. The standard InChI is InChI=1S/C29H34O13/c1-15(2)35-39-26(31)21-11-9-19(13-23(21)28(33)41-37-17(5)6)25(30)20-10-12-22(27(32)40-36-16(3)4)24(14-20)29(34)42-38-18(7)8/h9-18H,1-8H3. The SMILES string of the molecule is CC(C)OOC(=O)c1ccc(C(=O)c2ccc(C(=O)OOC(C)C)c(C(=O)OOC(C)C)c2)cc1C(=O)OOC(C)C. The summed E-state index contributed by atoms with van der Waals surface area (Å²) >= 11 is 0. The van der Waals surface area contributed by atoms with Gasteiger partial charge >= 0.3 is 23.9 Å². The van der Waals surface area contributed by atoms with E-state index >= 15 is 0 Å². The summed E-state index contributed by atoms with van der Waals surface area (Å²) in [5.41, 5.74) is -1.39. The predicted octanol–water partition coefficient (Wildman–Crippen LogP) is 4.90. The van der Waals surface area contributed by atoms with Crippen LogP contribution in [0, 0.1) is 0 Å². The molecule has 0 unspecified atom stereocenters. The van der Waals surface area contributed by atoms with Crippen LogP contribution >= 0.6 is 0 Å². The van der Waals surface area contributed by atoms with Crippen LogP contribution in [0.5, 0.6) is 0 Å². The van der Waals surface area contributed by atoms with Crippen molar-refractivity contribution >= 4 is 29.7 Å². The van der Waals surface area contributed by atoms with Crippen LogP contribution in [-0.4, -0.2) is 54.1 Å². The molecule has 0 N–H and O–H groups in total. The van der Waals surface area contributed by atoms with Crippen LogP contribution in [0.15, 0.2) is 36.4 Å². The zero-order valence-corrected chi connectivity index (χ0v) is 24.6. The van der Waals surface area contributed by atoms with E-state index in [1.807, 2.05) is 0 Å². The minimum Gasteiger partial charge on any atom is -0.293 e. The molecule has 42 heavy (non-hydrogen) atoms. The van der Waals surface area contributed by atoms with E-state index in [9.17, 15) is 24.0 Å². The Labute approximate surface area is 242 Å². The first kappa shape index (κ1) is 34.0. The van der Waals surface area contributed by atoms with Gasteiger partial charge in [0.25, 0.3) is 0 Å². The van der Waals surface area contributed by atoms with Gasteiger partial charge in [-0.3, -0.25) is 24.3 Å². The van der Waals surface area contributed by atoms with Crippen LogP contribution < -0.4 is 0 Å². The first-order valence-corrected chi connectivity index (χ1v) is 13.0. The first-order valence-electron chi connectivity index (χ1n) is 13.0. The summed E-state index contributed by atoms with van der Waals surface area (Å²) in [6, 6.07) is 7.05. The van der Waals surface area contributed by atoms with E-state index in [1.54, 1.807) is 55.4 Å². The van der Waals surface area contributed by atoms with E-state index in [-0.39, 0.29) is 33.4 Å². The number of carbonyl (C=O) groups excluding carboxylic acids is 5. The fourth-order valence-corrected chi connectivity index (χ4v) is 2.97. The van der Waals surface area contributed by atoms with Gasteiger partial charge in [-0.1, -0.05) is 12.1 Å². The zero-order chi connectivity index (χ0) is 31.6. The van der Waals surface area contributed by atoms with Gasteiger partial charge in [0.2, 0.25) is 0 Å². The van der Waals surface area contributed by atoms with E-state index in [0.717, 1.165) is 12.1 Å². The number of benzene rings is 2. The molecular formula is C29H34O13. The Hall–Kier alpha value is -4.17. The summed E-state index contributed by atoms with van der Waals surface area (Å²) in [7, 11) is 0. The summed E-state index contributed by atoms with van der Waals surface area (Å²) < 4.78 is 0. The lowest BCUT2D eigenvalue weighted by molar-refractivity contribution is -0.267. The van der Waals surface area contributed by atoms with E-state index in [4.69, 9.17) is 39.1 Å². The van der Waals surface area contributed by atoms with E-state index in [2.05, 4.69) is 0 Å². The average Bonchev–Trinajstić information content (AvgIpc) is 2.94. The molecule has 2 aromatic carbocycles. The molecule has 0 spiro atoms. The third-order valence-electron chi connectivity index (χ3n) is 4.71. The van der Waals surface area contributed by atoms with Gasteiger partial charge in [-0.15, -0.1) is 0 Å². The fraction of sp³-hybridized carbons (Fsp3) is 0.414. The number of ketones is 1. The highest BCUT2D eigenvalue weighted by Crippen LogP contribution is 2.22. The molecule has 0 aliphatic rings. The van der Waals surface area contributed by atoms with Crippen LogP contribution in [0.1, 0.15) is 113 Å². The van der Waals surface area contributed by atoms with Gasteiger partial charge in [0.05, 0.1) is 46.7 Å². The molecule has 2 rings (SSSR count). The van der Waals surface area contributed by atoms with Crippen LogP contribution in [0.2, 0.25) is 0 Å². The quantitative estimate of drug-likeness (QED) is 0.166. The molecule has 13 heteroatoms. The predicted molar refractivity (Wildman–Crippen MR) is 143 cm³/mol. The third kappa shape index (κ3) is 10.0. The second-order valence-electron chi connectivity index (χ2n) is 9.91. The largest absolute Gasteiger partial charge is 0.373 e. The zero-order valence-electron chi connectivity index (χ0n) is 24.6. The Bertz CT molecular complexity index is 1200. The Morgan fingerprint density at radius 3 is 0.952 bits per heavy atom. The molecule has 0 bridgehead atoms. The van der Waals surface area contributed by atoms with Gasteiger partial charge in [0, 0.05) is 11.1 Å². The van der Waals surface area contributed by atoms with Crippen LogP contribution in [0.25, 0.3) is 0 Å². The monoisotopic (exact) mass is 590 g/mol. The third-order valence-corrected chi connectivity index (χ3v) is 4.71. The van der Waals surface area contributed by atoms with Gasteiger partial charge in [-0.2, -0.15) is 19.6 Å². The summed E-state index contributed by atoms with van der Waals surface area (Å²) in [5.74, 6) is -4.87. The molecule has 13 nitrogen and oxygen atoms in total. The van der Waals surface area contributed by atoms with Crippen molar-refractivity contribution in [2.24, 2.45) is 0 Å². The minimum atomic E-state index is -1.08. The molecule has 0 radical (unpaired) electrons. The number of hydrogen-bond acceptors (Lipinski definition) is 13. The molecular weight excluding hydrogens is 556 g/mol. The Morgan fingerprint density at radius 2 is 0.690 bits per heavy atom. The van der Waals surface area contributed by atoms with Gasteiger partial charge in [-0.25, -0.2) is 19.2 Å². The molecule has 0 fully saturated rings. The highest BCUT2D eigenvalue weighted by Gasteiger charge is 2.27. The fourth-order valence-electron chi connectivity index (χ4n) is 2.97. The van der Waals surface area contributed by atoms with Gasteiger partial charge < -0.3 is 0 Å². The molecule has 0 aliphatic carbocycles. The molecule has 228 valence electrons. The summed E-state index contributed by atoms with van der Waals surface area (Å²) in [5, 5.41) is 0. The lowest BCUT2D eigenvalue weighted by atomic mass is 9.95. The topological polar surface area (TPSA) is 159 Å². The minimum absolute atomic E-state index is 0.0796. The Kier molecular flexibility index (Phi) is 12.7. The normalized spacial score (nSPS) is 11.1. The lowest BCUT2D eigenvalue weighted by Crippen LogP contribution is -2.19. The molecule has 0 aromatic heterocycles. The molecule has 0 saturated carbocycles. The Balaban J connectivity index is 2.53. The van der Waals surface area contributed by atoms with Crippen molar-refractivity contribution in [1.29, 1.82) is 0 Å². The van der Waals surface area contributed by atoms with Crippen molar-refractivity contribution in [2.45, 2.75) is 79.8 Å². The first-order chi connectivity index (χ1) is 19.7. The van der Waals surface area contributed by atoms with Gasteiger partial charge in [-0.05, 0) is 79.7 Å². The van der Waals surface area contributed by atoms with Crippen LogP contribution in [0.3, 0.4) is 0 Å². The highest BCUT2D eigenvalue weighted by molar-refractivity contribution is 6.13. The van der Waals surface area contributed by atoms with Crippen molar-refractivity contribution in [1.82, 2.24) is 0 Å². The van der Waals surface area contributed by atoms with Crippen molar-refractivity contribution < 1.29 is 63.1 Å². The summed E-state index contributed by atoms with van der Waals surface area (Å²) in [4.78, 5) is 103. The number of rotatable bonds is 14. The average molecular weight is 591 g/mol. The maximum Gasteiger partial charge on any atom is 0.373 e. The van der Waals surface area contributed by atoms with Crippen molar-refractivity contribution in [3.05, 3.63) is 69.8 Å². The second-order valence-corrected chi connectivity index (χ2v) is 9.91. The summed E-state index contributed by atoms with van der Waals surface area (Å²) in [6.07, 6.45) is -1.91. The van der Waals surface area contributed by atoms with E-state index in [0.29, 0.717) is 0 Å². The number of hydrogen-bond donors (Lipinski definition) is 0. The van der Waals surface area contributed by atoms with Crippen LogP contribution in [0.4, 0.5) is 0 Å². The smallest absolute Gasteiger partial charge is 0.293 e. The van der Waals surface area contributed by atoms with Gasteiger partial charge in [0.1, 0.15) is 0 Å². The maximum atomic E-state index is 13.5. The van der Waals surface area contributed by atoms with Crippen molar-refractivity contribution in [3.8, 4) is 0 Å². The second kappa shape index (κ2) is 15.7. The summed E-state index contributed by atoms with van der Waals surface area (Å²) in [6.45, 7) is 13.0. The molecule has 0 saturated heterocycles. The van der Waals surface area contributed by atoms with Crippen molar-refractivity contribution in [3.63, 3.8) is 0 Å².